The first-order valence-corrected chi connectivity index (χ1v) is 9.37. The number of carbonyl (C=O) groups is 1. The fraction of sp³-hybridized carbons (Fsp3) is 0.353. The van der Waals surface area contributed by atoms with Crippen LogP contribution in [0.25, 0.3) is 12.2 Å². The second-order valence-corrected chi connectivity index (χ2v) is 7.20. The second-order valence-electron chi connectivity index (χ2n) is 6.22. The van der Waals surface area contributed by atoms with Crippen molar-refractivity contribution in [3.8, 4) is 0 Å². The molecule has 12 heteroatoms. The van der Waals surface area contributed by atoms with Crippen molar-refractivity contribution in [3.05, 3.63) is 47.6 Å². The van der Waals surface area contributed by atoms with E-state index in [-0.39, 0.29) is 34.3 Å². The van der Waals surface area contributed by atoms with Gasteiger partial charge >= 0.3 is 12.4 Å². The monoisotopic (exact) mass is 436 g/mol. The molecule has 0 unspecified atom stereocenters. The summed E-state index contributed by atoms with van der Waals surface area (Å²) in [5, 5.41) is 0. The zero-order chi connectivity index (χ0) is 21.2. The molecule has 0 aromatic carbocycles. The van der Waals surface area contributed by atoms with Gasteiger partial charge in [0.15, 0.2) is 5.78 Å². The van der Waals surface area contributed by atoms with Crippen LogP contribution in [0.1, 0.15) is 11.6 Å². The molecule has 1 aliphatic rings. The molecule has 156 valence electrons. The summed E-state index contributed by atoms with van der Waals surface area (Å²) < 4.78 is 77.6. The van der Waals surface area contributed by atoms with E-state index in [1.54, 1.807) is 0 Å². The Labute approximate surface area is 165 Å². The van der Waals surface area contributed by atoms with Gasteiger partial charge in [-0.25, -0.2) is 9.97 Å². The van der Waals surface area contributed by atoms with Gasteiger partial charge in [0.05, 0.1) is 0 Å². The van der Waals surface area contributed by atoms with E-state index < -0.39 is 31.2 Å². The number of ketones is 1. The van der Waals surface area contributed by atoms with Crippen LogP contribution in [-0.4, -0.2) is 48.7 Å². The van der Waals surface area contributed by atoms with E-state index in [0.29, 0.717) is 0 Å². The second kappa shape index (κ2) is 8.09. The van der Waals surface area contributed by atoms with E-state index in [9.17, 15) is 31.1 Å². The van der Waals surface area contributed by atoms with Crippen molar-refractivity contribution in [1.29, 1.82) is 0 Å². The minimum Gasteiger partial charge on any atom is -0.322 e. The molecule has 2 aromatic heterocycles. The molecule has 0 radical (unpaired) electrons. The molecule has 3 rings (SSSR count). The average molecular weight is 436 g/mol. The van der Waals surface area contributed by atoms with E-state index in [2.05, 4.69) is 9.97 Å². The smallest absolute Gasteiger partial charge is 0.322 e. The van der Waals surface area contributed by atoms with Crippen molar-refractivity contribution in [2.24, 2.45) is 0 Å². The minimum atomic E-state index is -4.44. The Hall–Kier alpha value is -2.50. The van der Waals surface area contributed by atoms with Gasteiger partial charge in [-0.1, -0.05) is 0 Å². The molecular weight excluding hydrogens is 422 g/mol. The quantitative estimate of drug-likeness (QED) is 0.538. The Balaban J connectivity index is 1.85. The first kappa shape index (κ1) is 21.2. The zero-order valence-corrected chi connectivity index (χ0v) is 15.5. The highest BCUT2D eigenvalue weighted by molar-refractivity contribution is 7.99. The third-order valence-corrected chi connectivity index (χ3v) is 4.93. The highest BCUT2D eigenvalue weighted by Gasteiger charge is 2.30. The molecule has 0 atom stereocenters. The highest BCUT2D eigenvalue weighted by Crippen LogP contribution is 2.28. The summed E-state index contributed by atoms with van der Waals surface area (Å²) in [5.74, 6) is 0.0157. The topological polar surface area (TPSA) is 52.7 Å². The molecule has 0 saturated carbocycles. The standard InChI is InChI=1S/C17H14F6N4OS/c18-16(19,20)9-26-3-1-24-13(26)5-11-7-29-8-12(15(11)28)6-14-25-2-4-27(14)10-17(21,22)23/h1-6H,7-10H2/b11-5-,12-6+. The number of aromatic nitrogens is 4. The first-order valence-electron chi connectivity index (χ1n) is 8.21. The van der Waals surface area contributed by atoms with Gasteiger partial charge < -0.3 is 9.13 Å². The number of halogens is 6. The van der Waals surface area contributed by atoms with Crippen LogP contribution in [0.3, 0.4) is 0 Å². The van der Waals surface area contributed by atoms with Crippen molar-refractivity contribution in [2.45, 2.75) is 25.4 Å². The summed E-state index contributed by atoms with van der Waals surface area (Å²) in [5.41, 5.74) is 0.437. The Morgan fingerprint density at radius 1 is 0.862 bits per heavy atom. The van der Waals surface area contributed by atoms with Gasteiger partial charge in [0.1, 0.15) is 24.7 Å². The fourth-order valence-electron chi connectivity index (χ4n) is 2.71. The lowest BCUT2D eigenvalue weighted by atomic mass is 10.0. The molecule has 5 nitrogen and oxygen atoms in total. The highest BCUT2D eigenvalue weighted by atomic mass is 32.2. The van der Waals surface area contributed by atoms with Crippen LogP contribution >= 0.6 is 11.8 Å². The zero-order valence-electron chi connectivity index (χ0n) is 14.7. The molecule has 2 aromatic rings. The number of carbonyl (C=O) groups excluding carboxylic acids is 1. The predicted octanol–water partition coefficient (Wildman–Crippen LogP) is 3.99. The number of thioether (sulfide) groups is 1. The maximum atomic E-state index is 12.7. The van der Waals surface area contributed by atoms with E-state index >= 15 is 0 Å². The normalized spacial score (nSPS) is 18.8. The Morgan fingerprint density at radius 3 is 1.66 bits per heavy atom. The Morgan fingerprint density at radius 2 is 1.28 bits per heavy atom. The number of rotatable bonds is 4. The van der Waals surface area contributed by atoms with Gasteiger partial charge in [0, 0.05) is 47.4 Å². The summed E-state index contributed by atoms with van der Waals surface area (Å²) in [7, 11) is 0. The van der Waals surface area contributed by atoms with Gasteiger partial charge in [-0.15, -0.1) is 0 Å². The van der Waals surface area contributed by atoms with E-state index in [0.717, 1.165) is 21.5 Å². The largest absolute Gasteiger partial charge is 0.406 e. The van der Waals surface area contributed by atoms with Crippen molar-refractivity contribution in [2.75, 3.05) is 11.5 Å². The van der Waals surface area contributed by atoms with Gasteiger partial charge in [-0.05, 0) is 12.2 Å². The van der Waals surface area contributed by atoms with Crippen molar-refractivity contribution in [3.63, 3.8) is 0 Å². The molecule has 0 N–H and O–H groups in total. The number of Topliss-reactive ketones (excluding diaryl/α,β-unsaturated/α-hetero) is 1. The molecular formula is C17H14F6N4OS. The summed E-state index contributed by atoms with van der Waals surface area (Å²) in [6.07, 6.45) is -1.63. The van der Waals surface area contributed by atoms with E-state index in [1.165, 1.54) is 36.3 Å². The summed E-state index contributed by atoms with van der Waals surface area (Å²) in [6, 6.07) is 0. The molecule has 1 saturated heterocycles. The Bertz CT molecular complexity index is 880. The van der Waals surface area contributed by atoms with Crippen molar-refractivity contribution >= 4 is 29.7 Å². The number of alkyl halides is 6. The average Bonchev–Trinajstić information content (AvgIpc) is 3.18. The van der Waals surface area contributed by atoms with Gasteiger partial charge in [0.2, 0.25) is 0 Å². The number of nitrogens with zero attached hydrogens (tertiary/aromatic N) is 4. The first-order chi connectivity index (χ1) is 13.5. The van der Waals surface area contributed by atoms with Gasteiger partial charge in [0.25, 0.3) is 0 Å². The molecule has 0 spiro atoms. The minimum absolute atomic E-state index is 0.0221. The summed E-state index contributed by atoms with van der Waals surface area (Å²) in [6.45, 7) is -2.49. The van der Waals surface area contributed by atoms with Gasteiger partial charge in [-0.3, -0.25) is 4.79 Å². The van der Waals surface area contributed by atoms with Crippen LogP contribution in [0.2, 0.25) is 0 Å². The maximum Gasteiger partial charge on any atom is 0.406 e. The summed E-state index contributed by atoms with van der Waals surface area (Å²) >= 11 is 1.32. The third kappa shape index (κ3) is 5.75. The van der Waals surface area contributed by atoms with Crippen LogP contribution in [-0.2, 0) is 17.9 Å². The SMILES string of the molecule is O=C1/C(=C/c2nccn2CC(F)(F)F)CSC/C1=C/c1nccn1CC(F)(F)F. The molecule has 1 fully saturated rings. The van der Waals surface area contributed by atoms with Crippen molar-refractivity contribution < 1.29 is 31.1 Å². The number of hydrogen-bond acceptors (Lipinski definition) is 4. The Kier molecular flexibility index (Phi) is 5.92. The van der Waals surface area contributed by atoms with Crippen LogP contribution < -0.4 is 0 Å². The lowest BCUT2D eigenvalue weighted by molar-refractivity contribution is -0.141. The van der Waals surface area contributed by atoms with Gasteiger partial charge in [-0.2, -0.15) is 38.1 Å². The molecule has 3 heterocycles. The van der Waals surface area contributed by atoms with Crippen LogP contribution in [0.15, 0.2) is 35.9 Å². The van der Waals surface area contributed by atoms with Crippen LogP contribution in [0, 0.1) is 0 Å². The molecule has 29 heavy (non-hydrogen) atoms. The lowest BCUT2D eigenvalue weighted by Gasteiger charge is -2.17. The number of imidazole rings is 2. The number of hydrogen-bond donors (Lipinski definition) is 0. The maximum absolute atomic E-state index is 12.7. The molecule has 0 amide bonds. The lowest BCUT2D eigenvalue weighted by Crippen LogP contribution is -2.20. The van der Waals surface area contributed by atoms with Crippen molar-refractivity contribution in [1.82, 2.24) is 19.1 Å². The predicted molar refractivity (Wildman–Crippen MR) is 94.9 cm³/mol. The van der Waals surface area contributed by atoms with E-state index in [1.807, 2.05) is 0 Å². The van der Waals surface area contributed by atoms with Crippen LogP contribution in [0.4, 0.5) is 26.3 Å². The van der Waals surface area contributed by atoms with E-state index in [4.69, 9.17) is 0 Å². The fourth-order valence-corrected chi connectivity index (χ4v) is 3.68. The molecule has 0 aliphatic carbocycles. The molecule has 1 aliphatic heterocycles. The summed E-state index contributed by atoms with van der Waals surface area (Å²) in [4.78, 5) is 20.4. The van der Waals surface area contributed by atoms with Crippen LogP contribution in [0.5, 0.6) is 0 Å². The third-order valence-electron chi connectivity index (χ3n) is 3.90. The molecule has 0 bridgehead atoms.